The van der Waals surface area contributed by atoms with Crippen LogP contribution in [0.4, 0.5) is 0 Å². The number of hydrogen-bond acceptors (Lipinski definition) is 3. The molecule has 4 heteroatoms. The lowest BCUT2D eigenvalue weighted by Crippen LogP contribution is -2.32. The maximum absolute atomic E-state index is 11.4. The van der Waals surface area contributed by atoms with Gasteiger partial charge in [0.2, 0.25) is 0 Å². The second-order valence-electron chi connectivity index (χ2n) is 6.14. The van der Waals surface area contributed by atoms with Crippen molar-refractivity contribution >= 4 is 16.9 Å². The largest absolute Gasteiger partial charge is 0.481 e. The van der Waals surface area contributed by atoms with Gasteiger partial charge in [-0.3, -0.25) is 14.7 Å². The summed E-state index contributed by atoms with van der Waals surface area (Å²) in [5.41, 5.74) is 2.24. The van der Waals surface area contributed by atoms with E-state index in [2.05, 4.69) is 34.1 Å². The molecule has 3 atom stereocenters. The van der Waals surface area contributed by atoms with Crippen LogP contribution in [0.25, 0.3) is 10.9 Å². The van der Waals surface area contributed by atoms with Gasteiger partial charge in [-0.25, -0.2) is 0 Å². The van der Waals surface area contributed by atoms with Crippen LogP contribution in [0, 0.1) is 5.92 Å². The molecule has 0 spiro atoms. The number of carbonyl (C=O) groups is 1. The fraction of sp³-hybridized carbons (Fsp3) is 0.412. The number of nitrogens with zero attached hydrogens (tertiary/aromatic N) is 2. The van der Waals surface area contributed by atoms with Crippen molar-refractivity contribution in [2.24, 2.45) is 5.92 Å². The molecule has 3 unspecified atom stereocenters. The van der Waals surface area contributed by atoms with Crippen LogP contribution in [0.3, 0.4) is 0 Å². The highest BCUT2D eigenvalue weighted by Gasteiger charge is 2.49. The molecule has 3 heterocycles. The third-order valence-corrected chi connectivity index (χ3v) is 5.07. The van der Waals surface area contributed by atoms with Gasteiger partial charge in [0.05, 0.1) is 11.4 Å². The summed E-state index contributed by atoms with van der Waals surface area (Å²) in [6.07, 6.45) is 4.77. The number of hydrogen-bond donors (Lipinski definition) is 1. The molecule has 0 saturated carbocycles. The molecular weight excluding hydrogens is 264 g/mol. The minimum Gasteiger partial charge on any atom is -0.481 e. The molecule has 2 aliphatic heterocycles. The molecule has 0 radical (unpaired) electrons. The summed E-state index contributed by atoms with van der Waals surface area (Å²) in [6, 6.07) is 10.9. The molecule has 21 heavy (non-hydrogen) atoms. The Labute approximate surface area is 123 Å². The van der Waals surface area contributed by atoms with Crippen molar-refractivity contribution in [2.45, 2.75) is 37.9 Å². The zero-order valence-corrected chi connectivity index (χ0v) is 11.8. The lowest BCUT2D eigenvalue weighted by atomic mass is 9.89. The molecule has 2 aliphatic rings. The van der Waals surface area contributed by atoms with Crippen LogP contribution in [0.15, 0.2) is 36.5 Å². The molecule has 4 rings (SSSR count). The van der Waals surface area contributed by atoms with E-state index in [0.29, 0.717) is 6.04 Å². The highest BCUT2D eigenvalue weighted by Crippen LogP contribution is 2.42. The van der Waals surface area contributed by atoms with Crippen molar-refractivity contribution in [3.05, 3.63) is 42.1 Å². The Morgan fingerprint density at radius 2 is 2.14 bits per heavy atom. The standard InChI is InChI=1S/C17H18N2O2/c20-17(21)14-9-13-6-7-15(14)19(13)10-12-4-1-3-11-5-2-8-18-16(11)12/h1-5,8,13-15H,6-7,9-10H2,(H,20,21). The second-order valence-corrected chi connectivity index (χ2v) is 6.14. The van der Waals surface area contributed by atoms with E-state index in [1.807, 2.05) is 12.3 Å². The molecule has 2 fully saturated rings. The summed E-state index contributed by atoms with van der Waals surface area (Å²) in [5, 5.41) is 10.5. The number of para-hydroxylation sites is 1. The summed E-state index contributed by atoms with van der Waals surface area (Å²) in [6.45, 7) is 0.813. The number of pyridine rings is 1. The van der Waals surface area contributed by atoms with Crippen molar-refractivity contribution in [1.29, 1.82) is 0 Å². The molecule has 0 amide bonds. The predicted octanol–water partition coefficient (Wildman–Crippen LogP) is 2.67. The molecular formula is C17H18N2O2. The maximum atomic E-state index is 11.4. The van der Waals surface area contributed by atoms with Crippen molar-refractivity contribution in [3.63, 3.8) is 0 Å². The van der Waals surface area contributed by atoms with Gasteiger partial charge in [0.25, 0.3) is 0 Å². The Kier molecular flexibility index (Phi) is 2.93. The SMILES string of the molecule is O=C(O)C1CC2CCC1N2Cc1cccc2cccnc12. The van der Waals surface area contributed by atoms with Gasteiger partial charge in [-0.05, 0) is 30.9 Å². The van der Waals surface area contributed by atoms with Crippen molar-refractivity contribution in [2.75, 3.05) is 0 Å². The summed E-state index contributed by atoms with van der Waals surface area (Å²) < 4.78 is 0. The van der Waals surface area contributed by atoms with Gasteiger partial charge in [0.15, 0.2) is 0 Å². The van der Waals surface area contributed by atoms with Crippen molar-refractivity contribution in [3.8, 4) is 0 Å². The predicted molar refractivity (Wildman–Crippen MR) is 79.8 cm³/mol. The summed E-state index contributed by atoms with van der Waals surface area (Å²) in [7, 11) is 0. The first-order valence-electron chi connectivity index (χ1n) is 7.55. The Bertz CT molecular complexity index is 695. The molecule has 2 aromatic rings. The first kappa shape index (κ1) is 12.8. The van der Waals surface area contributed by atoms with Crippen LogP contribution in [-0.2, 0) is 11.3 Å². The van der Waals surface area contributed by atoms with Gasteiger partial charge in [-0.1, -0.05) is 24.3 Å². The van der Waals surface area contributed by atoms with Crippen molar-refractivity contribution < 1.29 is 9.90 Å². The maximum Gasteiger partial charge on any atom is 0.308 e. The Morgan fingerprint density at radius 1 is 1.29 bits per heavy atom. The highest BCUT2D eigenvalue weighted by atomic mass is 16.4. The van der Waals surface area contributed by atoms with E-state index in [1.165, 1.54) is 5.56 Å². The number of aliphatic carboxylic acids is 1. The lowest BCUT2D eigenvalue weighted by Gasteiger charge is -2.23. The van der Waals surface area contributed by atoms with Crippen LogP contribution >= 0.6 is 0 Å². The molecule has 1 aromatic heterocycles. The average molecular weight is 282 g/mol. The minimum atomic E-state index is -0.636. The quantitative estimate of drug-likeness (QED) is 0.940. The van der Waals surface area contributed by atoms with Gasteiger partial charge in [0, 0.05) is 30.2 Å². The zero-order chi connectivity index (χ0) is 14.4. The second kappa shape index (κ2) is 4.81. The molecule has 4 nitrogen and oxygen atoms in total. The molecule has 2 bridgehead atoms. The van der Waals surface area contributed by atoms with E-state index >= 15 is 0 Å². The van der Waals surface area contributed by atoms with E-state index in [-0.39, 0.29) is 12.0 Å². The fourth-order valence-electron chi connectivity index (χ4n) is 4.10. The van der Waals surface area contributed by atoms with Gasteiger partial charge in [0.1, 0.15) is 0 Å². The zero-order valence-electron chi connectivity index (χ0n) is 11.8. The Morgan fingerprint density at radius 3 is 2.95 bits per heavy atom. The third-order valence-electron chi connectivity index (χ3n) is 5.07. The fourth-order valence-corrected chi connectivity index (χ4v) is 4.10. The van der Waals surface area contributed by atoms with Crippen LogP contribution in [-0.4, -0.2) is 33.0 Å². The number of aromatic nitrogens is 1. The van der Waals surface area contributed by atoms with E-state index in [0.717, 1.165) is 36.7 Å². The van der Waals surface area contributed by atoms with E-state index in [4.69, 9.17) is 0 Å². The van der Waals surface area contributed by atoms with Gasteiger partial charge >= 0.3 is 5.97 Å². The smallest absolute Gasteiger partial charge is 0.308 e. The minimum absolute atomic E-state index is 0.188. The normalized spacial score (nSPS) is 28.3. The van der Waals surface area contributed by atoms with E-state index < -0.39 is 5.97 Å². The van der Waals surface area contributed by atoms with E-state index in [1.54, 1.807) is 0 Å². The highest BCUT2D eigenvalue weighted by molar-refractivity contribution is 5.81. The number of benzene rings is 1. The number of carboxylic acids is 1. The first-order valence-corrected chi connectivity index (χ1v) is 7.55. The molecule has 1 N–H and O–H groups in total. The lowest BCUT2D eigenvalue weighted by molar-refractivity contribution is -0.142. The topological polar surface area (TPSA) is 53.4 Å². The third kappa shape index (κ3) is 2.02. The monoisotopic (exact) mass is 282 g/mol. The summed E-state index contributed by atoms with van der Waals surface area (Å²) in [5.74, 6) is -0.824. The number of carboxylic acid groups (broad SMARTS) is 1. The molecule has 2 saturated heterocycles. The molecule has 0 aliphatic carbocycles. The summed E-state index contributed by atoms with van der Waals surface area (Å²) in [4.78, 5) is 18.3. The first-order chi connectivity index (χ1) is 10.2. The van der Waals surface area contributed by atoms with Crippen molar-refractivity contribution in [1.82, 2.24) is 9.88 Å². The summed E-state index contributed by atoms with van der Waals surface area (Å²) >= 11 is 0. The van der Waals surface area contributed by atoms with Gasteiger partial charge in [-0.2, -0.15) is 0 Å². The van der Waals surface area contributed by atoms with Gasteiger partial charge in [-0.15, -0.1) is 0 Å². The molecule has 108 valence electrons. The number of fused-ring (bicyclic) bond motifs is 3. The number of rotatable bonds is 3. The van der Waals surface area contributed by atoms with Gasteiger partial charge < -0.3 is 5.11 Å². The van der Waals surface area contributed by atoms with Crippen LogP contribution in [0.5, 0.6) is 0 Å². The van der Waals surface area contributed by atoms with E-state index in [9.17, 15) is 9.90 Å². The Balaban J connectivity index is 1.65. The Hall–Kier alpha value is -1.94. The average Bonchev–Trinajstić information content (AvgIpc) is 3.05. The molecule has 1 aromatic carbocycles. The van der Waals surface area contributed by atoms with Crippen LogP contribution < -0.4 is 0 Å². The van der Waals surface area contributed by atoms with Crippen LogP contribution in [0.1, 0.15) is 24.8 Å². The van der Waals surface area contributed by atoms with Crippen LogP contribution in [0.2, 0.25) is 0 Å².